The second-order valence-corrected chi connectivity index (χ2v) is 5.52. The third kappa shape index (κ3) is 3.61. The second-order valence-electron chi connectivity index (χ2n) is 5.52. The molecule has 1 aliphatic heterocycles. The van der Waals surface area contributed by atoms with Crippen molar-refractivity contribution in [1.82, 2.24) is 20.3 Å². The number of nitrogens with zero attached hydrogens (tertiary/aromatic N) is 5. The summed E-state index contributed by atoms with van der Waals surface area (Å²) in [6, 6.07) is 4.16. The van der Waals surface area contributed by atoms with Crippen molar-refractivity contribution in [1.29, 1.82) is 0 Å². The molecule has 1 saturated heterocycles. The molecule has 0 bridgehead atoms. The quantitative estimate of drug-likeness (QED) is 0.458. The van der Waals surface area contributed by atoms with Crippen molar-refractivity contribution in [2.75, 3.05) is 18.0 Å². The van der Waals surface area contributed by atoms with Crippen LogP contribution in [0, 0.1) is 5.82 Å². The maximum absolute atomic E-state index is 14.5. The van der Waals surface area contributed by atoms with Crippen LogP contribution in [0.25, 0.3) is 5.69 Å². The van der Waals surface area contributed by atoms with Crippen LogP contribution in [0.1, 0.15) is 12.6 Å². The third-order valence-electron chi connectivity index (χ3n) is 3.64. The first-order valence-electron chi connectivity index (χ1n) is 7.60. The van der Waals surface area contributed by atoms with Crippen LogP contribution < -0.4 is 10.2 Å². The number of cyclic esters (lactones) is 1. The Morgan fingerprint density at radius 1 is 1.58 bits per heavy atom. The molecule has 1 aromatic heterocycles. The predicted molar refractivity (Wildman–Crippen MR) is 87.0 cm³/mol. The highest BCUT2D eigenvalue weighted by Gasteiger charge is 2.32. The van der Waals surface area contributed by atoms with E-state index in [1.807, 2.05) is 0 Å². The number of rotatable bonds is 5. The van der Waals surface area contributed by atoms with E-state index in [0.29, 0.717) is 5.69 Å². The highest BCUT2D eigenvalue weighted by Crippen LogP contribution is 2.25. The molecule has 26 heavy (non-hydrogen) atoms. The number of ether oxygens (including phenoxy) is 1. The number of oxime groups is 1. The molecule has 2 aromatic rings. The molecule has 10 nitrogen and oxygen atoms in total. The fraction of sp³-hybridized carbons (Fsp3) is 0.267. The van der Waals surface area contributed by atoms with Gasteiger partial charge in [-0.2, -0.15) is 0 Å². The van der Waals surface area contributed by atoms with Crippen LogP contribution in [-0.4, -0.2) is 57.6 Å². The molecular weight excluding hydrogens is 347 g/mol. The van der Waals surface area contributed by atoms with Crippen molar-refractivity contribution in [3.05, 3.63) is 35.9 Å². The maximum Gasteiger partial charge on any atom is 0.414 e. The van der Waals surface area contributed by atoms with Gasteiger partial charge in [0.2, 0.25) is 5.91 Å². The molecule has 0 spiro atoms. The molecule has 1 unspecified atom stereocenters. The lowest BCUT2D eigenvalue weighted by atomic mass is 10.2. The van der Waals surface area contributed by atoms with Gasteiger partial charge in [0.15, 0.2) is 5.82 Å². The van der Waals surface area contributed by atoms with Crippen LogP contribution >= 0.6 is 0 Å². The van der Waals surface area contributed by atoms with Gasteiger partial charge in [0.25, 0.3) is 0 Å². The average Bonchev–Trinajstić information content (AvgIpc) is 3.20. The fourth-order valence-electron chi connectivity index (χ4n) is 2.46. The smallest absolute Gasteiger partial charge is 0.414 e. The molecule has 0 saturated carbocycles. The molecule has 1 atom stereocenters. The van der Waals surface area contributed by atoms with Gasteiger partial charge in [0.05, 0.1) is 31.2 Å². The number of hydrogen-bond donors (Lipinski definition) is 2. The van der Waals surface area contributed by atoms with E-state index in [1.54, 1.807) is 6.07 Å². The number of nitrogens with one attached hydrogen (secondary N) is 1. The van der Waals surface area contributed by atoms with Gasteiger partial charge in [0.1, 0.15) is 17.5 Å². The van der Waals surface area contributed by atoms with Crippen LogP contribution in [0.2, 0.25) is 0 Å². The monoisotopic (exact) mass is 362 g/mol. The number of amides is 2. The first kappa shape index (κ1) is 17.3. The van der Waals surface area contributed by atoms with Crippen LogP contribution in [0.15, 0.2) is 29.6 Å². The van der Waals surface area contributed by atoms with Crippen molar-refractivity contribution >= 4 is 23.9 Å². The standard InChI is InChI=1S/C15H15FN6O4/c1-9(23)17-6-12-8-21(15(24)26-12)11-2-3-14(13(16)4-11)22-7-10(5-18-25)19-20-22/h2-5,7,12,25H,6,8H2,1H3,(H,17,23). The van der Waals surface area contributed by atoms with Gasteiger partial charge in [0, 0.05) is 6.92 Å². The van der Waals surface area contributed by atoms with Gasteiger partial charge in [-0.05, 0) is 18.2 Å². The minimum Gasteiger partial charge on any atom is -0.442 e. The van der Waals surface area contributed by atoms with Crippen molar-refractivity contribution in [2.24, 2.45) is 5.16 Å². The lowest BCUT2D eigenvalue weighted by Gasteiger charge is -2.14. The summed E-state index contributed by atoms with van der Waals surface area (Å²) in [6.07, 6.45) is 1.32. The zero-order valence-corrected chi connectivity index (χ0v) is 13.7. The van der Waals surface area contributed by atoms with Gasteiger partial charge < -0.3 is 15.3 Å². The molecule has 2 N–H and O–H groups in total. The Labute approximate surface area is 146 Å². The summed E-state index contributed by atoms with van der Waals surface area (Å²) in [7, 11) is 0. The highest BCUT2D eigenvalue weighted by atomic mass is 19.1. The zero-order chi connectivity index (χ0) is 18.7. The highest BCUT2D eigenvalue weighted by molar-refractivity contribution is 5.90. The third-order valence-corrected chi connectivity index (χ3v) is 3.64. The zero-order valence-electron chi connectivity index (χ0n) is 13.7. The summed E-state index contributed by atoms with van der Waals surface area (Å²) in [5.41, 5.74) is 0.681. The molecule has 1 fully saturated rings. The van der Waals surface area contributed by atoms with Gasteiger partial charge in [-0.15, -0.1) is 5.10 Å². The molecule has 1 aliphatic rings. The van der Waals surface area contributed by atoms with Crippen LogP contribution in [0.4, 0.5) is 14.9 Å². The molecule has 0 aliphatic carbocycles. The lowest BCUT2D eigenvalue weighted by molar-refractivity contribution is -0.119. The number of halogens is 1. The molecule has 0 radical (unpaired) electrons. The first-order chi connectivity index (χ1) is 12.5. The number of benzene rings is 1. The summed E-state index contributed by atoms with van der Waals surface area (Å²) in [5, 5.41) is 21.3. The Balaban J connectivity index is 1.76. The number of carbonyl (C=O) groups excluding carboxylic acids is 2. The van der Waals surface area contributed by atoms with Crippen molar-refractivity contribution in [3.8, 4) is 5.69 Å². The minimum absolute atomic E-state index is 0.112. The van der Waals surface area contributed by atoms with Crippen LogP contribution in [-0.2, 0) is 9.53 Å². The Hall–Kier alpha value is -3.50. The summed E-state index contributed by atoms with van der Waals surface area (Å²) >= 11 is 0. The average molecular weight is 362 g/mol. The summed E-state index contributed by atoms with van der Waals surface area (Å²) in [5.74, 6) is -0.855. The number of anilines is 1. The molecule has 3 rings (SSSR count). The minimum atomic E-state index is -0.627. The Morgan fingerprint density at radius 2 is 2.38 bits per heavy atom. The number of carbonyl (C=O) groups is 2. The molecular formula is C15H15FN6O4. The van der Waals surface area contributed by atoms with E-state index in [1.165, 1.54) is 34.8 Å². The van der Waals surface area contributed by atoms with Crippen LogP contribution in [0.3, 0.4) is 0 Å². The molecule has 2 heterocycles. The number of aromatic nitrogens is 3. The maximum atomic E-state index is 14.5. The van der Waals surface area contributed by atoms with Crippen molar-refractivity contribution < 1.29 is 23.9 Å². The normalized spacial score (nSPS) is 16.9. The molecule has 11 heteroatoms. The van der Waals surface area contributed by atoms with Gasteiger partial charge in [-0.1, -0.05) is 10.4 Å². The first-order valence-corrected chi connectivity index (χ1v) is 7.60. The van der Waals surface area contributed by atoms with E-state index in [-0.39, 0.29) is 30.4 Å². The van der Waals surface area contributed by atoms with E-state index < -0.39 is 18.0 Å². The Kier molecular flexibility index (Phi) is 4.78. The van der Waals surface area contributed by atoms with E-state index in [0.717, 1.165) is 6.21 Å². The summed E-state index contributed by atoms with van der Waals surface area (Å²) in [6.45, 7) is 1.75. The van der Waals surface area contributed by atoms with E-state index in [4.69, 9.17) is 9.94 Å². The SMILES string of the molecule is CC(=O)NCC1CN(c2ccc(-n3cc(C=NO)nn3)c(F)c2)C(=O)O1. The second kappa shape index (κ2) is 7.17. The molecule has 2 amide bonds. The largest absolute Gasteiger partial charge is 0.442 e. The Bertz CT molecular complexity index is 868. The van der Waals surface area contributed by atoms with Crippen LogP contribution in [0.5, 0.6) is 0 Å². The van der Waals surface area contributed by atoms with Crippen molar-refractivity contribution in [2.45, 2.75) is 13.0 Å². The number of hydrogen-bond acceptors (Lipinski definition) is 7. The van der Waals surface area contributed by atoms with Gasteiger partial charge in [-0.25, -0.2) is 13.9 Å². The summed E-state index contributed by atoms with van der Waals surface area (Å²) < 4.78 is 20.8. The molecule has 136 valence electrons. The fourth-order valence-corrected chi connectivity index (χ4v) is 2.46. The lowest BCUT2D eigenvalue weighted by Crippen LogP contribution is -2.33. The molecule has 1 aromatic carbocycles. The topological polar surface area (TPSA) is 122 Å². The van der Waals surface area contributed by atoms with Gasteiger partial charge in [-0.3, -0.25) is 9.69 Å². The Morgan fingerprint density at radius 3 is 3.08 bits per heavy atom. The summed E-state index contributed by atoms with van der Waals surface area (Å²) in [4.78, 5) is 24.2. The van der Waals surface area contributed by atoms with E-state index in [2.05, 4.69) is 20.8 Å². The van der Waals surface area contributed by atoms with Gasteiger partial charge >= 0.3 is 6.09 Å². The predicted octanol–water partition coefficient (Wildman–Crippen LogP) is 0.676. The van der Waals surface area contributed by atoms with E-state index in [9.17, 15) is 14.0 Å². The van der Waals surface area contributed by atoms with E-state index >= 15 is 0 Å². The van der Waals surface area contributed by atoms with Crippen molar-refractivity contribution in [3.63, 3.8) is 0 Å².